The minimum Gasteiger partial charge on any atom is -0.356 e. The molecule has 0 saturated carbocycles. The van der Waals surface area contributed by atoms with Crippen LogP contribution in [0.3, 0.4) is 0 Å². The Morgan fingerprint density at radius 1 is 1.19 bits per heavy atom. The van der Waals surface area contributed by atoms with E-state index in [4.69, 9.17) is 0 Å². The number of guanidine groups is 1. The molecular weight excluding hydrogens is 336 g/mol. The largest absolute Gasteiger partial charge is 0.356 e. The number of nitrogens with one attached hydrogen (secondary N) is 1. The minimum atomic E-state index is 0.0891. The molecule has 3 rings (SSSR count). The third-order valence-electron chi connectivity index (χ3n) is 6.69. The number of likely N-dealkylation sites (tertiary alicyclic amines) is 1. The lowest BCUT2D eigenvalue weighted by atomic mass is 9.65. The van der Waals surface area contributed by atoms with E-state index in [0.717, 1.165) is 45.0 Å². The Kier molecular flexibility index (Phi) is 5.50. The van der Waals surface area contributed by atoms with E-state index < -0.39 is 0 Å². The zero-order valence-electron chi connectivity index (χ0n) is 17.5. The van der Waals surface area contributed by atoms with Gasteiger partial charge in [-0.15, -0.1) is 0 Å². The molecule has 0 aliphatic carbocycles. The minimum absolute atomic E-state index is 0.0891. The summed E-state index contributed by atoms with van der Waals surface area (Å²) in [5.41, 5.74) is 3.04. The van der Waals surface area contributed by atoms with E-state index in [1.165, 1.54) is 11.1 Å². The molecule has 0 radical (unpaired) electrons. The average molecular weight is 371 g/mol. The molecule has 2 aliphatic heterocycles. The predicted octanol–water partition coefficient (Wildman–Crippen LogP) is 3.05. The topological polar surface area (TPSA) is 47.9 Å². The van der Waals surface area contributed by atoms with E-state index in [1.54, 1.807) is 0 Å². The van der Waals surface area contributed by atoms with Gasteiger partial charge in [-0.05, 0) is 37.8 Å². The molecule has 0 atom stereocenters. The summed E-state index contributed by atoms with van der Waals surface area (Å²) < 4.78 is 0. The summed E-state index contributed by atoms with van der Waals surface area (Å²) >= 11 is 0. The fourth-order valence-electron chi connectivity index (χ4n) is 4.00. The van der Waals surface area contributed by atoms with Crippen LogP contribution in [0.4, 0.5) is 0 Å². The summed E-state index contributed by atoms with van der Waals surface area (Å²) in [6, 6.07) is 8.44. The summed E-state index contributed by atoms with van der Waals surface area (Å²) in [6.45, 7) is 12.5. The molecule has 1 N–H and O–H groups in total. The first-order valence-electron chi connectivity index (χ1n) is 10.1. The number of hydrogen-bond acceptors (Lipinski definition) is 2. The maximum atomic E-state index is 12.6. The Balaban J connectivity index is 1.43. The molecule has 1 saturated heterocycles. The molecule has 27 heavy (non-hydrogen) atoms. The number of rotatable bonds is 4. The van der Waals surface area contributed by atoms with Gasteiger partial charge in [0.15, 0.2) is 5.96 Å². The molecule has 148 valence electrons. The molecule has 1 fully saturated rings. The van der Waals surface area contributed by atoms with Gasteiger partial charge in [-0.1, -0.05) is 38.1 Å². The number of carbonyl (C=O) groups excluding carboxylic acids is 1. The molecule has 1 aromatic carbocycles. The van der Waals surface area contributed by atoms with Crippen LogP contribution in [-0.4, -0.2) is 53.9 Å². The van der Waals surface area contributed by atoms with Gasteiger partial charge >= 0.3 is 0 Å². The standard InChI is InChI=1S/C22H34N4O/c1-21(2)16-26(22(21,3)4)20(23-5)24-13-8-11-19(27)25-14-12-17-9-6-7-10-18(17)15-25/h6-7,9-10H,8,11-16H2,1-5H3,(H,23,24). The highest BCUT2D eigenvalue weighted by Gasteiger charge is 2.53. The van der Waals surface area contributed by atoms with Crippen LogP contribution in [0.2, 0.25) is 0 Å². The molecule has 0 spiro atoms. The van der Waals surface area contributed by atoms with Crippen molar-refractivity contribution in [2.75, 3.05) is 26.7 Å². The van der Waals surface area contributed by atoms with E-state index in [0.29, 0.717) is 6.42 Å². The van der Waals surface area contributed by atoms with Crippen molar-refractivity contribution < 1.29 is 4.79 Å². The molecule has 1 amide bonds. The SMILES string of the molecule is CN=C(NCCCC(=O)N1CCc2ccccc2C1)N1CC(C)(C)C1(C)C. The van der Waals surface area contributed by atoms with Gasteiger partial charge in [-0.2, -0.15) is 0 Å². The molecule has 1 aromatic rings. The lowest BCUT2D eigenvalue weighted by Crippen LogP contribution is -2.72. The number of nitrogens with zero attached hydrogens (tertiary/aromatic N) is 3. The predicted molar refractivity (Wildman–Crippen MR) is 111 cm³/mol. The number of hydrogen-bond donors (Lipinski definition) is 1. The number of carbonyl (C=O) groups is 1. The van der Waals surface area contributed by atoms with Crippen molar-refractivity contribution in [1.29, 1.82) is 0 Å². The fourth-order valence-corrected chi connectivity index (χ4v) is 4.00. The molecule has 0 unspecified atom stereocenters. The summed E-state index contributed by atoms with van der Waals surface area (Å²) in [6.07, 6.45) is 2.38. The zero-order chi connectivity index (χ0) is 19.7. The third-order valence-corrected chi connectivity index (χ3v) is 6.69. The van der Waals surface area contributed by atoms with Gasteiger partial charge in [0.2, 0.25) is 5.91 Å². The highest BCUT2D eigenvalue weighted by Crippen LogP contribution is 2.46. The number of aliphatic imine (C=N–C) groups is 1. The lowest BCUT2D eigenvalue weighted by molar-refractivity contribution is -0.132. The second-order valence-electron chi connectivity index (χ2n) is 8.94. The van der Waals surface area contributed by atoms with E-state index in [1.807, 2.05) is 11.9 Å². The van der Waals surface area contributed by atoms with Crippen molar-refractivity contribution >= 4 is 11.9 Å². The van der Waals surface area contributed by atoms with Gasteiger partial charge in [0.05, 0.1) is 0 Å². The van der Waals surface area contributed by atoms with Crippen LogP contribution in [0, 0.1) is 5.41 Å². The van der Waals surface area contributed by atoms with Crippen molar-refractivity contribution in [2.45, 2.75) is 59.0 Å². The van der Waals surface area contributed by atoms with Gasteiger partial charge in [0, 0.05) is 50.6 Å². The van der Waals surface area contributed by atoms with Gasteiger partial charge in [0.1, 0.15) is 0 Å². The Morgan fingerprint density at radius 3 is 2.52 bits per heavy atom. The molecule has 5 heteroatoms. The maximum absolute atomic E-state index is 12.6. The van der Waals surface area contributed by atoms with Crippen LogP contribution in [0.15, 0.2) is 29.3 Å². The normalized spacial score (nSPS) is 20.7. The first kappa shape index (κ1) is 19.7. The Labute approximate surface area is 163 Å². The highest BCUT2D eigenvalue weighted by atomic mass is 16.2. The fraction of sp³-hybridized carbons (Fsp3) is 0.636. The Morgan fingerprint density at radius 2 is 1.89 bits per heavy atom. The summed E-state index contributed by atoms with van der Waals surface area (Å²) in [5.74, 6) is 1.20. The lowest BCUT2D eigenvalue weighted by Gasteiger charge is -2.62. The monoisotopic (exact) mass is 370 g/mol. The molecule has 0 aromatic heterocycles. The molecular formula is C22H34N4O. The summed E-state index contributed by atoms with van der Waals surface area (Å²) in [5, 5.41) is 3.44. The van der Waals surface area contributed by atoms with Gasteiger partial charge < -0.3 is 15.1 Å². The molecule has 5 nitrogen and oxygen atoms in total. The second kappa shape index (κ2) is 7.53. The second-order valence-corrected chi connectivity index (χ2v) is 8.94. The van der Waals surface area contributed by atoms with Gasteiger partial charge in [-0.3, -0.25) is 9.79 Å². The molecule has 2 aliphatic rings. The maximum Gasteiger partial charge on any atom is 0.222 e. The first-order valence-corrected chi connectivity index (χ1v) is 10.1. The van der Waals surface area contributed by atoms with Crippen molar-refractivity contribution in [2.24, 2.45) is 10.4 Å². The van der Waals surface area contributed by atoms with E-state index in [9.17, 15) is 4.79 Å². The Hall–Kier alpha value is -2.04. The van der Waals surface area contributed by atoms with E-state index >= 15 is 0 Å². The number of fused-ring (bicyclic) bond motifs is 1. The summed E-state index contributed by atoms with van der Waals surface area (Å²) in [7, 11) is 1.83. The van der Waals surface area contributed by atoms with Crippen molar-refractivity contribution in [3.05, 3.63) is 35.4 Å². The molecule has 2 heterocycles. The van der Waals surface area contributed by atoms with Crippen LogP contribution in [-0.2, 0) is 17.8 Å². The number of benzene rings is 1. The van der Waals surface area contributed by atoms with Crippen LogP contribution in [0.5, 0.6) is 0 Å². The Bertz CT molecular complexity index is 723. The highest BCUT2D eigenvalue weighted by molar-refractivity contribution is 5.82. The van der Waals surface area contributed by atoms with E-state index in [2.05, 4.69) is 67.2 Å². The van der Waals surface area contributed by atoms with Crippen LogP contribution < -0.4 is 5.32 Å². The smallest absolute Gasteiger partial charge is 0.222 e. The summed E-state index contributed by atoms with van der Waals surface area (Å²) in [4.78, 5) is 21.3. The van der Waals surface area contributed by atoms with Gasteiger partial charge in [0.25, 0.3) is 0 Å². The molecule has 0 bridgehead atoms. The van der Waals surface area contributed by atoms with Gasteiger partial charge in [-0.25, -0.2) is 0 Å². The van der Waals surface area contributed by atoms with Crippen LogP contribution in [0.1, 0.15) is 51.7 Å². The first-order chi connectivity index (χ1) is 12.8. The number of amides is 1. The zero-order valence-corrected chi connectivity index (χ0v) is 17.5. The quantitative estimate of drug-likeness (QED) is 0.503. The van der Waals surface area contributed by atoms with Crippen molar-refractivity contribution in [3.8, 4) is 0 Å². The van der Waals surface area contributed by atoms with Crippen molar-refractivity contribution in [1.82, 2.24) is 15.1 Å². The average Bonchev–Trinajstić information content (AvgIpc) is 2.66. The van der Waals surface area contributed by atoms with E-state index in [-0.39, 0.29) is 16.9 Å². The third kappa shape index (κ3) is 3.83. The van der Waals surface area contributed by atoms with Crippen LogP contribution in [0.25, 0.3) is 0 Å². The van der Waals surface area contributed by atoms with Crippen molar-refractivity contribution in [3.63, 3.8) is 0 Å². The van der Waals surface area contributed by atoms with Crippen LogP contribution >= 0.6 is 0 Å².